The molecule has 1 aliphatic rings. The van der Waals surface area contributed by atoms with Crippen LogP contribution >= 0.6 is 11.8 Å². The van der Waals surface area contributed by atoms with Crippen LogP contribution in [0.25, 0.3) is 0 Å². The van der Waals surface area contributed by atoms with E-state index in [1.54, 1.807) is 0 Å². The van der Waals surface area contributed by atoms with Gasteiger partial charge in [-0.05, 0) is 6.42 Å². The maximum absolute atomic E-state index is 12.3. The predicted molar refractivity (Wildman–Crippen MR) is 69.4 cm³/mol. The van der Waals surface area contributed by atoms with E-state index in [-0.39, 0.29) is 17.8 Å². The second-order valence-electron chi connectivity index (χ2n) is 4.32. The maximum Gasteiger partial charge on any atom is 0.327 e. The van der Waals surface area contributed by atoms with Crippen molar-refractivity contribution in [3.05, 3.63) is 12.7 Å². The van der Waals surface area contributed by atoms with Crippen molar-refractivity contribution in [1.29, 1.82) is 0 Å². The Bertz CT molecular complexity index is 451. The fourth-order valence-corrected chi connectivity index (χ4v) is 3.63. The minimum Gasteiger partial charge on any atom is -0.480 e. The fraction of sp³-hybridized carbons (Fsp3) is 0.636. The Morgan fingerprint density at radius 3 is 2.89 bits per heavy atom. The lowest BCUT2D eigenvalue weighted by molar-refractivity contribution is -0.149. The standard InChI is InChI=1S/C11H16N4O3S/c1-2-3-10-15(8(5-19-10)11(17)18)9(16)4-14-7-12-6-13-14/h6-8,10H,2-5H2,1H3,(H,17,18). The van der Waals surface area contributed by atoms with Crippen molar-refractivity contribution < 1.29 is 14.7 Å². The van der Waals surface area contributed by atoms with Crippen LogP contribution in [0.3, 0.4) is 0 Å². The lowest BCUT2D eigenvalue weighted by atomic mass is 10.2. The predicted octanol–water partition coefficient (Wildman–Crippen LogP) is 0.433. The first-order valence-corrected chi connectivity index (χ1v) is 7.16. The molecule has 1 amide bonds. The van der Waals surface area contributed by atoms with Gasteiger partial charge < -0.3 is 10.0 Å². The van der Waals surface area contributed by atoms with E-state index < -0.39 is 12.0 Å². The number of thioether (sulfide) groups is 1. The lowest BCUT2D eigenvalue weighted by Gasteiger charge is -2.27. The number of hydrogen-bond acceptors (Lipinski definition) is 5. The first-order valence-electron chi connectivity index (χ1n) is 6.11. The van der Waals surface area contributed by atoms with Crippen LogP contribution in [0.15, 0.2) is 12.7 Å². The van der Waals surface area contributed by atoms with Gasteiger partial charge in [-0.3, -0.25) is 4.79 Å². The molecule has 1 aliphatic heterocycles. The molecule has 0 spiro atoms. The second-order valence-corrected chi connectivity index (χ2v) is 5.54. The van der Waals surface area contributed by atoms with Gasteiger partial charge in [0.2, 0.25) is 5.91 Å². The molecule has 2 unspecified atom stereocenters. The molecular formula is C11H16N4O3S. The van der Waals surface area contributed by atoms with E-state index >= 15 is 0 Å². The Morgan fingerprint density at radius 1 is 1.53 bits per heavy atom. The SMILES string of the molecule is CCCC1SCC(C(=O)O)N1C(=O)Cn1cncn1. The topological polar surface area (TPSA) is 88.3 Å². The lowest BCUT2D eigenvalue weighted by Crippen LogP contribution is -2.47. The van der Waals surface area contributed by atoms with E-state index in [2.05, 4.69) is 10.1 Å². The molecule has 1 aromatic rings. The quantitative estimate of drug-likeness (QED) is 0.843. The van der Waals surface area contributed by atoms with Crippen LogP contribution in [0.4, 0.5) is 0 Å². The van der Waals surface area contributed by atoms with Gasteiger partial charge >= 0.3 is 5.97 Å². The van der Waals surface area contributed by atoms with Gasteiger partial charge in [-0.25, -0.2) is 14.5 Å². The van der Waals surface area contributed by atoms with Crippen LogP contribution in [-0.4, -0.2) is 53.8 Å². The summed E-state index contributed by atoms with van der Waals surface area (Å²) in [4.78, 5) is 28.8. The molecule has 0 aliphatic carbocycles. The van der Waals surface area contributed by atoms with Crippen LogP contribution < -0.4 is 0 Å². The summed E-state index contributed by atoms with van der Waals surface area (Å²) in [6.45, 7) is 2.05. The van der Waals surface area contributed by atoms with Gasteiger partial charge in [0.05, 0.1) is 5.37 Å². The molecule has 0 saturated carbocycles. The molecule has 1 N–H and O–H groups in total. The van der Waals surface area contributed by atoms with E-state index in [4.69, 9.17) is 0 Å². The number of carbonyl (C=O) groups is 2. The third-order valence-electron chi connectivity index (χ3n) is 2.97. The average Bonchev–Trinajstić information content (AvgIpc) is 2.98. The van der Waals surface area contributed by atoms with Gasteiger partial charge in [-0.1, -0.05) is 13.3 Å². The molecule has 2 heterocycles. The zero-order valence-electron chi connectivity index (χ0n) is 10.6. The van der Waals surface area contributed by atoms with Crippen LogP contribution in [0.2, 0.25) is 0 Å². The van der Waals surface area contributed by atoms with Crippen LogP contribution in [0.1, 0.15) is 19.8 Å². The number of hydrogen-bond donors (Lipinski definition) is 1. The van der Waals surface area contributed by atoms with Crippen molar-refractivity contribution in [1.82, 2.24) is 19.7 Å². The molecule has 1 saturated heterocycles. The molecule has 2 rings (SSSR count). The van der Waals surface area contributed by atoms with Gasteiger partial charge in [-0.2, -0.15) is 5.10 Å². The highest BCUT2D eigenvalue weighted by atomic mass is 32.2. The summed E-state index contributed by atoms with van der Waals surface area (Å²) < 4.78 is 1.41. The van der Waals surface area contributed by atoms with E-state index in [0.717, 1.165) is 12.8 Å². The van der Waals surface area contributed by atoms with Gasteiger partial charge in [0.1, 0.15) is 25.2 Å². The molecule has 7 nitrogen and oxygen atoms in total. The maximum atomic E-state index is 12.3. The zero-order chi connectivity index (χ0) is 13.8. The number of aliphatic carboxylic acids is 1. The van der Waals surface area contributed by atoms with Crippen LogP contribution in [-0.2, 0) is 16.1 Å². The molecule has 0 radical (unpaired) electrons. The number of carboxylic acids is 1. The summed E-state index contributed by atoms with van der Waals surface area (Å²) in [5.41, 5.74) is 0. The number of aromatic nitrogens is 3. The molecule has 8 heteroatoms. The van der Waals surface area contributed by atoms with E-state index in [0.29, 0.717) is 5.75 Å². The highest BCUT2D eigenvalue weighted by Gasteiger charge is 2.40. The summed E-state index contributed by atoms with van der Waals surface area (Å²) >= 11 is 1.53. The molecule has 1 aromatic heterocycles. The summed E-state index contributed by atoms with van der Waals surface area (Å²) in [6, 6.07) is -0.738. The molecule has 1 fully saturated rings. The number of carboxylic acid groups (broad SMARTS) is 1. The summed E-state index contributed by atoms with van der Waals surface area (Å²) in [5, 5.41) is 13.0. The minimum atomic E-state index is -0.946. The van der Waals surface area contributed by atoms with E-state index in [1.807, 2.05) is 6.92 Å². The van der Waals surface area contributed by atoms with Gasteiger partial charge in [0.25, 0.3) is 0 Å². The third kappa shape index (κ3) is 3.06. The van der Waals surface area contributed by atoms with Crippen molar-refractivity contribution >= 4 is 23.6 Å². The van der Waals surface area contributed by atoms with Crippen molar-refractivity contribution in [2.75, 3.05) is 5.75 Å². The monoisotopic (exact) mass is 284 g/mol. The van der Waals surface area contributed by atoms with Gasteiger partial charge in [-0.15, -0.1) is 11.8 Å². The van der Waals surface area contributed by atoms with Crippen molar-refractivity contribution in [2.45, 2.75) is 37.7 Å². The highest BCUT2D eigenvalue weighted by Crippen LogP contribution is 2.32. The van der Waals surface area contributed by atoms with Gasteiger partial charge in [0, 0.05) is 5.75 Å². The minimum absolute atomic E-state index is 0.0323. The number of rotatable bonds is 5. The van der Waals surface area contributed by atoms with Crippen LogP contribution in [0.5, 0.6) is 0 Å². The van der Waals surface area contributed by atoms with Crippen molar-refractivity contribution in [3.63, 3.8) is 0 Å². The fourth-order valence-electron chi connectivity index (χ4n) is 2.09. The second kappa shape index (κ2) is 6.05. The Morgan fingerprint density at radius 2 is 2.32 bits per heavy atom. The Labute approximate surface area is 115 Å². The molecule has 19 heavy (non-hydrogen) atoms. The molecule has 104 valence electrons. The zero-order valence-corrected chi connectivity index (χ0v) is 11.4. The molecule has 0 aromatic carbocycles. The number of amides is 1. The largest absolute Gasteiger partial charge is 0.480 e. The van der Waals surface area contributed by atoms with Crippen molar-refractivity contribution in [2.24, 2.45) is 0 Å². The Hall–Kier alpha value is -1.57. The Kier molecular flexibility index (Phi) is 4.41. The first-order chi connectivity index (χ1) is 9.13. The smallest absolute Gasteiger partial charge is 0.327 e. The molecule has 2 atom stereocenters. The van der Waals surface area contributed by atoms with Crippen molar-refractivity contribution in [3.8, 4) is 0 Å². The summed E-state index contributed by atoms with van der Waals surface area (Å²) in [6.07, 6.45) is 4.52. The van der Waals surface area contributed by atoms with E-state index in [9.17, 15) is 14.7 Å². The average molecular weight is 284 g/mol. The summed E-state index contributed by atoms with van der Waals surface area (Å²) in [7, 11) is 0. The summed E-state index contributed by atoms with van der Waals surface area (Å²) in [5.74, 6) is -0.720. The number of carbonyl (C=O) groups excluding carboxylic acids is 1. The van der Waals surface area contributed by atoms with E-state index in [1.165, 1.54) is 34.0 Å². The first kappa shape index (κ1) is 13.9. The molecule has 0 bridgehead atoms. The Balaban J connectivity index is 2.11. The third-order valence-corrected chi connectivity index (χ3v) is 4.32. The van der Waals surface area contributed by atoms with Crippen LogP contribution in [0, 0.1) is 0 Å². The highest BCUT2D eigenvalue weighted by molar-refractivity contribution is 8.00. The molecular weight excluding hydrogens is 268 g/mol. The van der Waals surface area contributed by atoms with Gasteiger partial charge in [0.15, 0.2) is 0 Å². The normalized spacial score (nSPS) is 22.7. The number of nitrogens with zero attached hydrogens (tertiary/aromatic N) is 4.